The van der Waals surface area contributed by atoms with Crippen LogP contribution in [-0.2, 0) is 14.0 Å². The third kappa shape index (κ3) is 8.50. The van der Waals surface area contributed by atoms with Crippen LogP contribution < -0.4 is 18.9 Å². The van der Waals surface area contributed by atoms with E-state index >= 15 is 0 Å². The molecule has 2 aliphatic heterocycles. The number of carbonyl (C=O) groups is 2. The van der Waals surface area contributed by atoms with E-state index in [9.17, 15) is 9.59 Å². The van der Waals surface area contributed by atoms with Crippen LogP contribution >= 0.6 is 21.4 Å². The van der Waals surface area contributed by atoms with Crippen LogP contribution in [0.4, 0.5) is 0 Å². The Labute approximate surface area is 188 Å². The van der Waals surface area contributed by atoms with E-state index in [2.05, 4.69) is 26.1 Å². The molecule has 0 saturated heterocycles. The van der Waals surface area contributed by atoms with Gasteiger partial charge in [0.1, 0.15) is 0 Å². The van der Waals surface area contributed by atoms with Crippen LogP contribution in [0, 0.1) is 0 Å². The number of aliphatic hydroxyl groups excluding tert-OH is 1. The van der Waals surface area contributed by atoms with Gasteiger partial charge < -0.3 is 33.9 Å². The molecule has 0 atom stereocenters. The number of carbonyl (C=O) groups excluding carboxylic acids is 1. The molecular formula is C18H18Cl2O10S. The Hall–Kier alpha value is -2.73. The fraction of sp³-hybridized carbons (Fsp3) is 0.222. The van der Waals surface area contributed by atoms with E-state index in [1.807, 2.05) is 0 Å². The lowest BCUT2D eigenvalue weighted by atomic mass is 10.2. The number of carboxylic acids is 1. The number of methoxy groups -OCH3 is 1. The van der Waals surface area contributed by atoms with E-state index in [1.54, 1.807) is 24.3 Å². The first-order valence-electron chi connectivity index (χ1n) is 8.11. The molecule has 0 aromatic heterocycles. The van der Waals surface area contributed by atoms with Crippen molar-refractivity contribution in [3.8, 4) is 23.0 Å². The first-order valence-corrected chi connectivity index (χ1v) is 10.9. The quantitative estimate of drug-likeness (QED) is 0.471. The summed E-state index contributed by atoms with van der Waals surface area (Å²) >= 11 is 0. The minimum atomic E-state index is -1.67. The lowest BCUT2D eigenvalue weighted by molar-refractivity contribution is 0.0599. The van der Waals surface area contributed by atoms with Crippen LogP contribution in [0.3, 0.4) is 0 Å². The predicted molar refractivity (Wildman–Crippen MR) is 111 cm³/mol. The molecule has 13 heteroatoms. The van der Waals surface area contributed by atoms with Gasteiger partial charge in [-0.05, 0) is 36.4 Å². The molecule has 0 bridgehead atoms. The zero-order valence-electron chi connectivity index (χ0n) is 16.2. The number of aromatic carboxylic acids is 1. The van der Waals surface area contributed by atoms with Gasteiger partial charge in [-0.15, -0.1) is 0 Å². The molecule has 10 nitrogen and oxygen atoms in total. The van der Waals surface area contributed by atoms with Gasteiger partial charge in [0.25, 0.3) is 0 Å². The standard InChI is InChI=1S/C9H8O4.C8H6O4.CH4O.Cl2OS/c1-11-9(10)6-2-3-7-8(4-6)13-5-12-7;9-8(10)5-1-2-6-7(3-5)12-4-11-6;1-2;1-4(2)3/h2-4H,5H2,1H3;1-3H,4H2,(H,9,10);2H,1H3;. The monoisotopic (exact) mass is 496 g/mol. The molecule has 170 valence electrons. The predicted octanol–water partition coefficient (Wildman–Crippen LogP) is 2.97. The van der Waals surface area contributed by atoms with Gasteiger partial charge in [-0.3, -0.25) is 0 Å². The second-order valence-electron chi connectivity index (χ2n) is 5.12. The zero-order valence-corrected chi connectivity index (χ0v) is 18.5. The van der Waals surface area contributed by atoms with Crippen LogP contribution in [-0.4, -0.2) is 54.2 Å². The molecule has 2 N–H and O–H groups in total. The minimum Gasteiger partial charge on any atom is -0.478 e. The number of hydrogen-bond acceptors (Lipinski definition) is 9. The van der Waals surface area contributed by atoms with Crippen molar-refractivity contribution in [2.75, 3.05) is 27.8 Å². The number of esters is 1. The van der Waals surface area contributed by atoms with Crippen molar-refractivity contribution in [3.05, 3.63) is 47.5 Å². The molecule has 0 spiro atoms. The lowest BCUT2D eigenvalue weighted by Crippen LogP contribution is -2.00. The number of aliphatic hydroxyl groups is 1. The summed E-state index contributed by atoms with van der Waals surface area (Å²) in [5, 5.41) is 15.6. The SMILES string of the molecule is CO.COC(=O)c1ccc2c(c1)OCO2.O=C(O)c1ccc2c(c1)OCO2.O=S(Cl)Cl. The third-order valence-corrected chi connectivity index (χ3v) is 3.41. The van der Waals surface area contributed by atoms with E-state index in [4.69, 9.17) is 33.4 Å². The van der Waals surface area contributed by atoms with E-state index < -0.39 is 15.2 Å². The first kappa shape index (κ1) is 26.3. The number of carboxylic acid groups (broad SMARTS) is 1. The molecule has 0 fully saturated rings. The molecular weight excluding hydrogens is 479 g/mol. The maximum absolute atomic E-state index is 11.1. The highest BCUT2D eigenvalue weighted by molar-refractivity contribution is 8.26. The summed E-state index contributed by atoms with van der Waals surface area (Å²) in [6.07, 6.45) is 0. The minimum absolute atomic E-state index is 0.165. The van der Waals surface area contributed by atoms with Crippen molar-refractivity contribution in [2.45, 2.75) is 0 Å². The summed E-state index contributed by atoms with van der Waals surface area (Å²) in [7, 11) is 9.70. The number of hydrogen-bond donors (Lipinski definition) is 2. The molecule has 0 amide bonds. The molecule has 0 unspecified atom stereocenters. The van der Waals surface area contributed by atoms with Gasteiger partial charge >= 0.3 is 11.9 Å². The van der Waals surface area contributed by atoms with Gasteiger partial charge in [-0.2, -0.15) is 0 Å². The fourth-order valence-corrected chi connectivity index (χ4v) is 2.17. The van der Waals surface area contributed by atoms with Crippen LogP contribution in [0.25, 0.3) is 0 Å². The normalized spacial score (nSPS) is 11.7. The van der Waals surface area contributed by atoms with Crippen LogP contribution in [0.15, 0.2) is 36.4 Å². The molecule has 2 aromatic carbocycles. The summed E-state index contributed by atoms with van der Waals surface area (Å²) in [6.45, 7) is 0.373. The second kappa shape index (κ2) is 13.5. The van der Waals surface area contributed by atoms with E-state index in [-0.39, 0.29) is 25.1 Å². The van der Waals surface area contributed by atoms with Crippen LogP contribution in [0.5, 0.6) is 23.0 Å². The number of ether oxygens (including phenoxy) is 5. The van der Waals surface area contributed by atoms with Gasteiger partial charge in [0.05, 0.1) is 18.2 Å². The summed E-state index contributed by atoms with van der Waals surface area (Å²) in [5.74, 6) is 0.997. The Kier molecular flexibility index (Phi) is 11.5. The smallest absolute Gasteiger partial charge is 0.337 e. The number of fused-ring (bicyclic) bond motifs is 2. The highest BCUT2D eigenvalue weighted by Gasteiger charge is 2.16. The summed E-state index contributed by atoms with van der Waals surface area (Å²) in [4.78, 5) is 21.6. The van der Waals surface area contributed by atoms with Gasteiger partial charge in [-0.25, -0.2) is 13.8 Å². The first-order chi connectivity index (χ1) is 14.8. The van der Waals surface area contributed by atoms with Crippen molar-refractivity contribution in [3.63, 3.8) is 0 Å². The second-order valence-corrected chi connectivity index (χ2v) is 7.64. The Bertz CT molecular complexity index is 918. The Morgan fingerprint density at radius 1 is 0.871 bits per heavy atom. The molecule has 0 radical (unpaired) electrons. The van der Waals surface area contributed by atoms with E-state index in [0.29, 0.717) is 28.6 Å². The lowest BCUT2D eigenvalue weighted by Gasteiger charge is -1.99. The molecule has 4 rings (SSSR count). The third-order valence-electron chi connectivity index (χ3n) is 3.41. The fourth-order valence-electron chi connectivity index (χ4n) is 2.17. The van der Waals surface area contributed by atoms with Gasteiger partial charge in [0.2, 0.25) is 22.8 Å². The van der Waals surface area contributed by atoms with Gasteiger partial charge in [0.15, 0.2) is 23.0 Å². The highest BCUT2D eigenvalue weighted by atomic mass is 36.0. The van der Waals surface area contributed by atoms with E-state index in [0.717, 1.165) is 7.11 Å². The largest absolute Gasteiger partial charge is 0.478 e. The maximum Gasteiger partial charge on any atom is 0.337 e. The van der Waals surface area contributed by atoms with Crippen molar-refractivity contribution >= 4 is 42.5 Å². The average molecular weight is 497 g/mol. The van der Waals surface area contributed by atoms with Gasteiger partial charge in [0, 0.05) is 28.5 Å². The molecule has 2 heterocycles. The van der Waals surface area contributed by atoms with Crippen molar-refractivity contribution in [1.29, 1.82) is 0 Å². The molecule has 31 heavy (non-hydrogen) atoms. The summed E-state index contributed by atoms with van der Waals surface area (Å²) in [6, 6.07) is 9.45. The molecule has 0 saturated carbocycles. The van der Waals surface area contributed by atoms with Crippen LogP contribution in [0.2, 0.25) is 0 Å². The van der Waals surface area contributed by atoms with Crippen molar-refractivity contribution in [1.82, 2.24) is 0 Å². The molecule has 0 aliphatic carbocycles. The maximum atomic E-state index is 11.1. The van der Waals surface area contributed by atoms with Crippen molar-refractivity contribution < 1.29 is 47.7 Å². The number of rotatable bonds is 2. The van der Waals surface area contributed by atoms with Crippen LogP contribution in [0.1, 0.15) is 20.7 Å². The zero-order chi connectivity index (χ0) is 23.4. The van der Waals surface area contributed by atoms with Gasteiger partial charge in [-0.1, -0.05) is 0 Å². The summed E-state index contributed by atoms with van der Waals surface area (Å²) < 4.78 is 33.9. The Morgan fingerprint density at radius 3 is 1.68 bits per heavy atom. The molecule has 2 aromatic rings. The summed E-state index contributed by atoms with van der Waals surface area (Å²) in [5.41, 5.74) is 0.672. The number of halogens is 2. The van der Waals surface area contributed by atoms with Crippen molar-refractivity contribution in [2.24, 2.45) is 0 Å². The number of benzene rings is 2. The molecule has 2 aliphatic rings. The Morgan fingerprint density at radius 2 is 1.26 bits per heavy atom. The Balaban J connectivity index is 0.000000249. The topological polar surface area (TPSA) is 138 Å². The van der Waals surface area contributed by atoms with E-state index in [1.165, 1.54) is 19.2 Å². The highest BCUT2D eigenvalue weighted by Crippen LogP contribution is 2.33. The average Bonchev–Trinajstić information content (AvgIpc) is 3.42.